The minimum Gasteiger partial charge on any atom is -0.481 e. The third kappa shape index (κ3) is 6.94. The Balaban J connectivity index is 0.00000196. The van der Waals surface area contributed by atoms with Crippen molar-refractivity contribution in [3.05, 3.63) is 70.7 Å². The maximum atomic E-state index is 10.7. The van der Waals surface area contributed by atoms with E-state index in [1.165, 1.54) is 11.1 Å². The van der Waals surface area contributed by atoms with Crippen LogP contribution in [0.1, 0.15) is 30.0 Å². The lowest BCUT2D eigenvalue weighted by Gasteiger charge is -2.39. The summed E-state index contributed by atoms with van der Waals surface area (Å²) in [4.78, 5) is 15.6. The van der Waals surface area contributed by atoms with Crippen LogP contribution in [0.3, 0.4) is 0 Å². The Kier molecular flexibility index (Phi) is 10.9. The molecule has 0 saturated carbocycles. The molecule has 2 aromatic carbocycles. The van der Waals surface area contributed by atoms with Crippen molar-refractivity contribution in [2.45, 2.75) is 18.9 Å². The van der Waals surface area contributed by atoms with Crippen LogP contribution in [0.25, 0.3) is 0 Å². The number of carbonyl (C=O) groups is 1. The van der Waals surface area contributed by atoms with Crippen molar-refractivity contribution in [2.24, 2.45) is 0 Å². The van der Waals surface area contributed by atoms with Gasteiger partial charge in [0.1, 0.15) is 0 Å². The Labute approximate surface area is 184 Å². The van der Waals surface area contributed by atoms with Crippen LogP contribution in [0.15, 0.2) is 54.6 Å². The number of piperazine rings is 1. The quantitative estimate of drug-likeness (QED) is 0.667. The van der Waals surface area contributed by atoms with Crippen LogP contribution in [0.4, 0.5) is 0 Å². The van der Waals surface area contributed by atoms with Crippen molar-refractivity contribution < 1.29 is 9.90 Å². The first-order valence-electron chi connectivity index (χ1n) is 9.12. The number of aliphatic carboxylic acids is 1. The summed E-state index contributed by atoms with van der Waals surface area (Å²) in [6, 6.07) is 18.9. The first kappa shape index (κ1) is 24.7. The highest BCUT2D eigenvalue weighted by Gasteiger charge is 2.26. The van der Waals surface area contributed by atoms with Crippen molar-refractivity contribution in [1.29, 1.82) is 0 Å². The van der Waals surface area contributed by atoms with Gasteiger partial charge in [-0.2, -0.15) is 0 Å². The van der Waals surface area contributed by atoms with E-state index in [1.807, 2.05) is 18.2 Å². The van der Waals surface area contributed by atoms with E-state index in [1.54, 1.807) is 0 Å². The smallest absolute Gasteiger partial charge is 0.303 e. The maximum Gasteiger partial charge on any atom is 0.303 e. The van der Waals surface area contributed by atoms with Gasteiger partial charge in [0.05, 0.1) is 6.04 Å². The maximum absolute atomic E-state index is 10.7. The number of benzene rings is 2. The minimum absolute atomic E-state index is 0. The number of rotatable bonds is 7. The van der Waals surface area contributed by atoms with E-state index in [2.05, 4.69) is 46.2 Å². The van der Waals surface area contributed by atoms with E-state index < -0.39 is 5.97 Å². The molecule has 1 aliphatic rings. The lowest BCUT2D eigenvalue weighted by Crippen LogP contribution is -2.48. The fourth-order valence-corrected chi connectivity index (χ4v) is 3.72. The molecular weight excluding hydrogens is 419 g/mol. The van der Waals surface area contributed by atoms with Gasteiger partial charge < -0.3 is 10.0 Å². The van der Waals surface area contributed by atoms with Crippen LogP contribution >= 0.6 is 36.4 Å². The molecule has 1 fully saturated rings. The zero-order chi connectivity index (χ0) is 18.4. The molecule has 2 aromatic rings. The van der Waals surface area contributed by atoms with Crippen LogP contribution in [-0.2, 0) is 4.79 Å². The van der Waals surface area contributed by atoms with Crippen molar-refractivity contribution in [3.8, 4) is 0 Å². The van der Waals surface area contributed by atoms with Crippen LogP contribution in [-0.4, -0.2) is 53.6 Å². The van der Waals surface area contributed by atoms with E-state index in [4.69, 9.17) is 16.7 Å². The van der Waals surface area contributed by atoms with Gasteiger partial charge in [-0.25, -0.2) is 0 Å². The highest BCUT2D eigenvalue weighted by Crippen LogP contribution is 2.30. The molecule has 1 N–H and O–H groups in total. The first-order valence-corrected chi connectivity index (χ1v) is 9.50. The van der Waals surface area contributed by atoms with Gasteiger partial charge in [0, 0.05) is 37.6 Å². The van der Waals surface area contributed by atoms with Gasteiger partial charge in [-0.05, 0) is 36.2 Å². The van der Waals surface area contributed by atoms with Gasteiger partial charge >= 0.3 is 5.97 Å². The summed E-state index contributed by atoms with van der Waals surface area (Å²) in [5.41, 5.74) is 2.54. The number of carboxylic acids is 1. The zero-order valence-corrected chi connectivity index (χ0v) is 18.1. The normalized spacial score (nSPS) is 15.9. The number of carboxylic acid groups (broad SMARTS) is 1. The summed E-state index contributed by atoms with van der Waals surface area (Å²) in [6.07, 6.45) is 0.965. The second kappa shape index (κ2) is 12.3. The van der Waals surface area contributed by atoms with Gasteiger partial charge in [0.2, 0.25) is 0 Å². The molecule has 0 bridgehead atoms. The van der Waals surface area contributed by atoms with Crippen LogP contribution in [0.5, 0.6) is 0 Å². The molecule has 4 nitrogen and oxygen atoms in total. The molecule has 1 heterocycles. The molecule has 0 amide bonds. The van der Waals surface area contributed by atoms with E-state index in [0.717, 1.165) is 37.7 Å². The Morgan fingerprint density at radius 2 is 1.50 bits per heavy atom. The third-order valence-electron chi connectivity index (χ3n) is 4.94. The topological polar surface area (TPSA) is 43.8 Å². The molecule has 1 saturated heterocycles. The Hall–Kier alpha value is -1.30. The minimum atomic E-state index is -0.712. The summed E-state index contributed by atoms with van der Waals surface area (Å²) >= 11 is 6.08. The molecule has 154 valence electrons. The SMILES string of the molecule is Cl.Cl.O=C(O)CCCN1CCN([C@H](c2ccccc2)c2ccc(Cl)cc2)CC1. The molecule has 1 aliphatic heterocycles. The molecule has 1 atom stereocenters. The van der Waals surface area contributed by atoms with Crippen molar-refractivity contribution in [2.75, 3.05) is 32.7 Å². The molecule has 0 spiro atoms. The summed E-state index contributed by atoms with van der Waals surface area (Å²) in [5.74, 6) is -0.712. The van der Waals surface area contributed by atoms with Gasteiger partial charge in [0.15, 0.2) is 0 Å². The van der Waals surface area contributed by atoms with Crippen molar-refractivity contribution in [1.82, 2.24) is 9.80 Å². The highest BCUT2D eigenvalue weighted by atomic mass is 35.5. The fourth-order valence-electron chi connectivity index (χ4n) is 3.59. The largest absolute Gasteiger partial charge is 0.481 e. The molecule has 28 heavy (non-hydrogen) atoms. The van der Waals surface area contributed by atoms with Gasteiger partial charge in [-0.3, -0.25) is 9.69 Å². The van der Waals surface area contributed by atoms with Crippen molar-refractivity contribution >= 4 is 42.4 Å². The first-order chi connectivity index (χ1) is 12.6. The monoisotopic (exact) mass is 444 g/mol. The van der Waals surface area contributed by atoms with E-state index in [-0.39, 0.29) is 37.3 Å². The van der Waals surface area contributed by atoms with E-state index >= 15 is 0 Å². The van der Waals surface area contributed by atoms with Gasteiger partial charge in [-0.15, -0.1) is 24.8 Å². The summed E-state index contributed by atoms with van der Waals surface area (Å²) in [5, 5.41) is 9.55. The van der Waals surface area contributed by atoms with Crippen LogP contribution in [0, 0.1) is 0 Å². The predicted molar refractivity (Wildman–Crippen MR) is 119 cm³/mol. The average Bonchev–Trinajstić information content (AvgIpc) is 2.65. The summed E-state index contributed by atoms with van der Waals surface area (Å²) < 4.78 is 0. The average molecular weight is 446 g/mol. The number of hydrogen-bond donors (Lipinski definition) is 1. The predicted octanol–water partition coefficient (Wildman–Crippen LogP) is 4.76. The van der Waals surface area contributed by atoms with E-state index in [9.17, 15) is 4.79 Å². The molecule has 0 aromatic heterocycles. The second-order valence-electron chi connectivity index (χ2n) is 6.74. The van der Waals surface area contributed by atoms with E-state index in [0.29, 0.717) is 6.42 Å². The lowest BCUT2D eigenvalue weighted by atomic mass is 9.96. The molecule has 0 unspecified atom stereocenters. The van der Waals surface area contributed by atoms with Gasteiger partial charge in [-0.1, -0.05) is 54.1 Å². The zero-order valence-electron chi connectivity index (χ0n) is 15.7. The molecule has 0 aliphatic carbocycles. The number of nitrogens with zero attached hydrogens (tertiary/aromatic N) is 2. The molecule has 0 radical (unpaired) electrons. The Morgan fingerprint density at radius 3 is 2.07 bits per heavy atom. The highest BCUT2D eigenvalue weighted by molar-refractivity contribution is 6.30. The van der Waals surface area contributed by atoms with Crippen molar-refractivity contribution in [3.63, 3.8) is 0 Å². The standard InChI is InChI=1S/C21H25ClN2O2.2ClH/c22-19-10-8-18(9-11-19)21(17-5-2-1-3-6-17)24-15-13-23(14-16-24)12-4-7-20(25)26;;/h1-3,5-6,8-11,21H,4,7,12-16H2,(H,25,26);2*1H/t21-;;/m1../s1. The van der Waals surface area contributed by atoms with Crippen LogP contribution < -0.4 is 0 Å². The summed E-state index contributed by atoms with van der Waals surface area (Å²) in [7, 11) is 0. The lowest BCUT2D eigenvalue weighted by molar-refractivity contribution is -0.137. The Morgan fingerprint density at radius 1 is 0.929 bits per heavy atom. The van der Waals surface area contributed by atoms with Crippen LogP contribution in [0.2, 0.25) is 5.02 Å². The number of hydrogen-bond acceptors (Lipinski definition) is 3. The Bertz CT molecular complexity index is 705. The fraction of sp³-hybridized carbons (Fsp3) is 0.381. The molecule has 3 rings (SSSR count). The molecule has 7 heteroatoms. The molecular formula is C21H27Cl3N2O2. The number of halogens is 3. The summed E-state index contributed by atoms with van der Waals surface area (Å²) in [6.45, 7) is 4.73. The van der Waals surface area contributed by atoms with Gasteiger partial charge in [0.25, 0.3) is 0 Å². The second-order valence-corrected chi connectivity index (χ2v) is 7.18. The third-order valence-corrected chi connectivity index (χ3v) is 5.19.